The summed E-state index contributed by atoms with van der Waals surface area (Å²) in [7, 11) is 0. The standard InChI is InChI=1S/C12H13N3O2S/c1-2-9-5-6-18-11(9)8-13-10-3-4-12(14-7-10)15(16)17/h3-7,13H,2,8H2,1H3. The van der Waals surface area contributed by atoms with Gasteiger partial charge in [-0.1, -0.05) is 6.92 Å². The smallest absolute Gasteiger partial charge is 0.363 e. The summed E-state index contributed by atoms with van der Waals surface area (Å²) in [6, 6.07) is 5.19. The van der Waals surface area contributed by atoms with Crippen molar-refractivity contribution in [3.63, 3.8) is 0 Å². The molecule has 0 aliphatic rings. The van der Waals surface area contributed by atoms with E-state index in [1.807, 2.05) is 0 Å². The summed E-state index contributed by atoms with van der Waals surface area (Å²) >= 11 is 1.71. The topological polar surface area (TPSA) is 68.1 Å². The third-order valence-corrected chi connectivity index (χ3v) is 3.57. The number of nitro groups is 1. The monoisotopic (exact) mass is 263 g/mol. The van der Waals surface area contributed by atoms with E-state index in [-0.39, 0.29) is 5.82 Å². The van der Waals surface area contributed by atoms with Gasteiger partial charge in [0.1, 0.15) is 0 Å². The molecule has 0 amide bonds. The molecule has 0 radical (unpaired) electrons. The van der Waals surface area contributed by atoms with Gasteiger partial charge in [-0.3, -0.25) is 0 Å². The molecule has 0 bridgehead atoms. The van der Waals surface area contributed by atoms with E-state index in [4.69, 9.17) is 0 Å². The number of aryl methyl sites for hydroxylation is 1. The van der Waals surface area contributed by atoms with Crippen LogP contribution in [0.4, 0.5) is 11.5 Å². The van der Waals surface area contributed by atoms with E-state index in [1.54, 1.807) is 17.4 Å². The van der Waals surface area contributed by atoms with Gasteiger partial charge in [0.25, 0.3) is 0 Å². The molecule has 0 aliphatic carbocycles. The molecule has 0 aromatic carbocycles. The highest BCUT2D eigenvalue weighted by atomic mass is 32.1. The van der Waals surface area contributed by atoms with Crippen molar-refractivity contribution in [2.45, 2.75) is 19.9 Å². The molecule has 1 N–H and O–H groups in total. The number of rotatable bonds is 5. The molecule has 18 heavy (non-hydrogen) atoms. The zero-order valence-corrected chi connectivity index (χ0v) is 10.7. The maximum absolute atomic E-state index is 10.5. The molecule has 0 aliphatic heterocycles. The largest absolute Gasteiger partial charge is 0.377 e. The summed E-state index contributed by atoms with van der Waals surface area (Å²) in [6.45, 7) is 2.85. The Labute approximate surface area is 109 Å². The van der Waals surface area contributed by atoms with Gasteiger partial charge in [0.2, 0.25) is 0 Å². The highest BCUT2D eigenvalue weighted by Crippen LogP contribution is 2.19. The molecule has 0 saturated carbocycles. The highest BCUT2D eigenvalue weighted by molar-refractivity contribution is 7.10. The van der Waals surface area contributed by atoms with Crippen molar-refractivity contribution in [1.29, 1.82) is 0 Å². The fraction of sp³-hybridized carbons (Fsp3) is 0.250. The van der Waals surface area contributed by atoms with Gasteiger partial charge in [0, 0.05) is 17.5 Å². The fourth-order valence-corrected chi connectivity index (χ4v) is 2.53. The molecule has 2 aromatic heterocycles. The van der Waals surface area contributed by atoms with Crippen LogP contribution < -0.4 is 5.32 Å². The van der Waals surface area contributed by atoms with E-state index in [1.165, 1.54) is 22.7 Å². The van der Waals surface area contributed by atoms with Gasteiger partial charge >= 0.3 is 5.82 Å². The molecule has 0 unspecified atom stereocenters. The lowest BCUT2D eigenvalue weighted by atomic mass is 10.2. The molecular weight excluding hydrogens is 250 g/mol. The van der Waals surface area contributed by atoms with Crippen LogP contribution in [-0.2, 0) is 13.0 Å². The number of nitrogens with zero attached hydrogens (tertiary/aromatic N) is 2. The third kappa shape index (κ3) is 2.84. The van der Waals surface area contributed by atoms with Crippen LogP contribution in [0.2, 0.25) is 0 Å². The maximum atomic E-state index is 10.5. The number of nitrogens with one attached hydrogen (secondary N) is 1. The van der Waals surface area contributed by atoms with Crippen LogP contribution >= 0.6 is 11.3 Å². The van der Waals surface area contributed by atoms with Gasteiger partial charge in [-0.15, -0.1) is 11.3 Å². The van der Waals surface area contributed by atoms with Crippen molar-refractivity contribution in [3.05, 3.63) is 50.3 Å². The van der Waals surface area contributed by atoms with E-state index < -0.39 is 4.92 Å². The molecule has 0 fully saturated rings. The number of hydrogen-bond acceptors (Lipinski definition) is 5. The summed E-state index contributed by atoms with van der Waals surface area (Å²) in [5.74, 6) is -0.133. The quantitative estimate of drug-likeness (QED) is 0.664. The Hall–Kier alpha value is -1.95. The molecule has 0 saturated heterocycles. The average molecular weight is 263 g/mol. The van der Waals surface area contributed by atoms with Crippen LogP contribution in [-0.4, -0.2) is 9.91 Å². The van der Waals surface area contributed by atoms with E-state index >= 15 is 0 Å². The van der Waals surface area contributed by atoms with Crippen molar-refractivity contribution < 1.29 is 4.92 Å². The number of thiophene rings is 1. The van der Waals surface area contributed by atoms with Gasteiger partial charge in [-0.05, 0) is 39.4 Å². The Morgan fingerprint density at radius 3 is 2.89 bits per heavy atom. The summed E-state index contributed by atoms with van der Waals surface area (Å²) in [4.78, 5) is 15.0. The highest BCUT2D eigenvalue weighted by Gasteiger charge is 2.07. The van der Waals surface area contributed by atoms with Crippen LogP contribution in [0.5, 0.6) is 0 Å². The molecule has 2 aromatic rings. The zero-order valence-electron chi connectivity index (χ0n) is 9.92. The van der Waals surface area contributed by atoms with Gasteiger partial charge in [0.15, 0.2) is 6.20 Å². The maximum Gasteiger partial charge on any atom is 0.363 e. The van der Waals surface area contributed by atoms with Crippen molar-refractivity contribution in [3.8, 4) is 0 Å². The molecule has 2 rings (SSSR count). The number of hydrogen-bond donors (Lipinski definition) is 1. The van der Waals surface area contributed by atoms with Crippen molar-refractivity contribution >= 4 is 22.8 Å². The minimum absolute atomic E-state index is 0.133. The Kier molecular flexibility index (Phi) is 3.88. The predicted molar refractivity (Wildman–Crippen MR) is 71.9 cm³/mol. The lowest BCUT2D eigenvalue weighted by molar-refractivity contribution is -0.389. The van der Waals surface area contributed by atoms with Crippen molar-refractivity contribution in [2.75, 3.05) is 5.32 Å². The van der Waals surface area contributed by atoms with Crippen molar-refractivity contribution in [1.82, 2.24) is 4.98 Å². The zero-order chi connectivity index (χ0) is 13.0. The second kappa shape index (κ2) is 5.59. The number of pyridine rings is 1. The molecule has 94 valence electrons. The lowest BCUT2D eigenvalue weighted by Gasteiger charge is -2.04. The third-order valence-electron chi connectivity index (χ3n) is 2.61. The van der Waals surface area contributed by atoms with Crippen LogP contribution in [0.1, 0.15) is 17.4 Å². The summed E-state index contributed by atoms with van der Waals surface area (Å²) in [6.07, 6.45) is 2.50. The van der Waals surface area contributed by atoms with Crippen molar-refractivity contribution in [2.24, 2.45) is 0 Å². The van der Waals surface area contributed by atoms with Gasteiger partial charge in [-0.25, -0.2) is 0 Å². The first kappa shape index (κ1) is 12.5. The van der Waals surface area contributed by atoms with Gasteiger partial charge < -0.3 is 15.4 Å². The Balaban J connectivity index is 2.00. The van der Waals surface area contributed by atoms with Crippen LogP contribution in [0, 0.1) is 10.1 Å². The van der Waals surface area contributed by atoms with E-state index in [0.717, 1.165) is 18.7 Å². The molecule has 0 atom stereocenters. The predicted octanol–water partition coefficient (Wildman–Crippen LogP) is 3.23. The van der Waals surface area contributed by atoms with Gasteiger partial charge in [0.05, 0.1) is 5.69 Å². The average Bonchev–Trinajstić information content (AvgIpc) is 2.84. The van der Waals surface area contributed by atoms with E-state index in [0.29, 0.717) is 0 Å². The van der Waals surface area contributed by atoms with Crippen LogP contribution in [0.25, 0.3) is 0 Å². The molecule has 6 heteroatoms. The second-order valence-corrected chi connectivity index (χ2v) is 4.74. The summed E-state index contributed by atoms with van der Waals surface area (Å²) < 4.78 is 0. The Bertz CT molecular complexity index is 537. The normalized spacial score (nSPS) is 10.3. The first-order valence-corrected chi connectivity index (χ1v) is 6.48. The minimum atomic E-state index is -0.502. The van der Waals surface area contributed by atoms with E-state index in [9.17, 15) is 10.1 Å². The van der Waals surface area contributed by atoms with Crippen LogP contribution in [0.15, 0.2) is 29.8 Å². The first-order chi connectivity index (χ1) is 8.70. The van der Waals surface area contributed by atoms with Crippen LogP contribution in [0.3, 0.4) is 0 Å². The minimum Gasteiger partial charge on any atom is -0.377 e. The first-order valence-electron chi connectivity index (χ1n) is 5.60. The lowest BCUT2D eigenvalue weighted by Crippen LogP contribution is -2.00. The van der Waals surface area contributed by atoms with E-state index in [2.05, 4.69) is 28.7 Å². The van der Waals surface area contributed by atoms with Gasteiger partial charge in [-0.2, -0.15) is 0 Å². The molecular formula is C12H13N3O2S. The molecule has 5 nitrogen and oxygen atoms in total. The Morgan fingerprint density at radius 2 is 2.28 bits per heavy atom. The summed E-state index contributed by atoms with van der Waals surface area (Å²) in [5, 5.41) is 15.8. The SMILES string of the molecule is CCc1ccsc1CNc1ccc([N+](=O)[O-])nc1. The number of aromatic nitrogens is 1. The molecule has 0 spiro atoms. The number of anilines is 1. The molecule has 2 heterocycles. The fourth-order valence-electron chi connectivity index (χ4n) is 1.62. The second-order valence-electron chi connectivity index (χ2n) is 3.74. The summed E-state index contributed by atoms with van der Waals surface area (Å²) in [5.41, 5.74) is 2.12. The Morgan fingerprint density at radius 1 is 1.44 bits per heavy atom.